The summed E-state index contributed by atoms with van der Waals surface area (Å²) in [4.78, 5) is 32.6. The van der Waals surface area contributed by atoms with Crippen LogP contribution in [0.4, 0.5) is 0 Å². The lowest BCUT2D eigenvalue weighted by Gasteiger charge is -2.38. The Labute approximate surface area is 135 Å². The number of carbonyl (C=O) groups is 2. The quantitative estimate of drug-likeness (QED) is 0.822. The van der Waals surface area contributed by atoms with E-state index in [0.717, 1.165) is 31.8 Å². The Morgan fingerprint density at radius 1 is 1.35 bits per heavy atom. The summed E-state index contributed by atoms with van der Waals surface area (Å²) >= 11 is 0. The van der Waals surface area contributed by atoms with Crippen LogP contribution in [0.2, 0.25) is 0 Å². The van der Waals surface area contributed by atoms with E-state index in [1.54, 1.807) is 18.1 Å². The number of piperidine rings is 1. The van der Waals surface area contributed by atoms with Gasteiger partial charge in [0.1, 0.15) is 6.33 Å². The van der Waals surface area contributed by atoms with Crippen LogP contribution in [-0.4, -0.2) is 62.6 Å². The first-order chi connectivity index (χ1) is 11.0. The van der Waals surface area contributed by atoms with Crippen LogP contribution in [0.25, 0.3) is 0 Å². The largest absolute Gasteiger partial charge is 0.342 e. The van der Waals surface area contributed by atoms with Crippen LogP contribution in [0.3, 0.4) is 0 Å². The summed E-state index contributed by atoms with van der Waals surface area (Å²) in [6.07, 6.45) is 6.55. The molecule has 0 atom stereocenters. The molecule has 0 aromatic carbocycles. The first kappa shape index (κ1) is 14.7. The van der Waals surface area contributed by atoms with Gasteiger partial charge in [0.05, 0.1) is 0 Å². The fraction of sp³-hybridized carbons (Fsp3) is 0.750. The van der Waals surface area contributed by atoms with Gasteiger partial charge in [0, 0.05) is 45.1 Å². The topological polar surface area (TPSA) is 71.3 Å². The smallest absolute Gasteiger partial charge is 0.293 e. The van der Waals surface area contributed by atoms with Crippen LogP contribution < -0.4 is 0 Å². The minimum Gasteiger partial charge on any atom is -0.342 e. The zero-order valence-corrected chi connectivity index (χ0v) is 13.6. The molecule has 0 N–H and O–H groups in total. The molecule has 1 saturated carbocycles. The van der Waals surface area contributed by atoms with E-state index >= 15 is 0 Å². The second-order valence-corrected chi connectivity index (χ2v) is 7.43. The molecule has 0 bridgehead atoms. The van der Waals surface area contributed by atoms with Crippen LogP contribution in [0.15, 0.2) is 6.33 Å². The summed E-state index contributed by atoms with van der Waals surface area (Å²) < 4.78 is 1.55. The lowest BCUT2D eigenvalue weighted by molar-refractivity contribution is -0.128. The fourth-order valence-corrected chi connectivity index (χ4v) is 3.86. The van der Waals surface area contributed by atoms with Gasteiger partial charge in [0.15, 0.2) is 0 Å². The van der Waals surface area contributed by atoms with Crippen molar-refractivity contribution in [2.45, 2.75) is 32.1 Å². The summed E-state index contributed by atoms with van der Waals surface area (Å²) in [7, 11) is 1.76. The maximum Gasteiger partial charge on any atom is 0.293 e. The number of aryl methyl sites for hydroxylation is 1. The Morgan fingerprint density at radius 2 is 2.09 bits per heavy atom. The Hall–Kier alpha value is -1.92. The van der Waals surface area contributed by atoms with E-state index in [2.05, 4.69) is 15.0 Å². The third-order valence-corrected chi connectivity index (χ3v) is 5.48. The zero-order chi connectivity index (χ0) is 16.0. The van der Waals surface area contributed by atoms with Crippen molar-refractivity contribution in [3.8, 4) is 0 Å². The van der Waals surface area contributed by atoms with E-state index in [0.29, 0.717) is 25.4 Å². The van der Waals surface area contributed by atoms with Crippen molar-refractivity contribution in [2.24, 2.45) is 18.4 Å². The van der Waals surface area contributed by atoms with E-state index < -0.39 is 0 Å². The van der Waals surface area contributed by atoms with E-state index in [9.17, 15) is 9.59 Å². The second kappa shape index (κ2) is 5.32. The van der Waals surface area contributed by atoms with Gasteiger partial charge >= 0.3 is 0 Å². The third kappa shape index (κ3) is 2.84. The van der Waals surface area contributed by atoms with E-state index in [4.69, 9.17) is 0 Å². The fourth-order valence-electron chi connectivity index (χ4n) is 3.86. The van der Waals surface area contributed by atoms with Gasteiger partial charge in [0.25, 0.3) is 5.91 Å². The molecule has 0 radical (unpaired) electrons. The predicted molar refractivity (Wildman–Crippen MR) is 82.5 cm³/mol. The summed E-state index contributed by atoms with van der Waals surface area (Å²) in [5, 5.41) is 4.09. The SMILES string of the molecule is Cn1cnc(C(=O)N2CCC3(CC2)CC(=O)N(CC2CC2)C3)n1. The molecule has 7 nitrogen and oxygen atoms in total. The first-order valence-electron chi connectivity index (χ1n) is 8.47. The molecule has 3 heterocycles. The van der Waals surface area contributed by atoms with Gasteiger partial charge in [-0.15, -0.1) is 5.10 Å². The molecule has 3 fully saturated rings. The van der Waals surface area contributed by atoms with Crippen molar-refractivity contribution in [3.63, 3.8) is 0 Å². The summed E-state index contributed by atoms with van der Waals surface area (Å²) in [5.74, 6) is 1.22. The van der Waals surface area contributed by atoms with Gasteiger partial charge in [-0.05, 0) is 31.6 Å². The first-order valence-corrected chi connectivity index (χ1v) is 8.47. The van der Waals surface area contributed by atoms with E-state index in [-0.39, 0.29) is 17.1 Å². The molecule has 2 saturated heterocycles. The van der Waals surface area contributed by atoms with Gasteiger partial charge < -0.3 is 9.80 Å². The van der Waals surface area contributed by atoms with Crippen molar-refractivity contribution >= 4 is 11.8 Å². The number of rotatable bonds is 3. The van der Waals surface area contributed by atoms with Crippen LogP contribution in [0, 0.1) is 11.3 Å². The number of hydrogen-bond acceptors (Lipinski definition) is 4. The average Bonchev–Trinajstić information content (AvgIpc) is 3.16. The maximum atomic E-state index is 12.4. The zero-order valence-electron chi connectivity index (χ0n) is 13.6. The molecular weight excluding hydrogens is 294 g/mol. The van der Waals surface area contributed by atoms with Gasteiger partial charge in [0.2, 0.25) is 11.7 Å². The second-order valence-electron chi connectivity index (χ2n) is 7.43. The highest BCUT2D eigenvalue weighted by Gasteiger charge is 2.46. The van der Waals surface area contributed by atoms with Gasteiger partial charge in [-0.25, -0.2) is 4.98 Å². The molecule has 4 rings (SSSR count). The number of hydrogen-bond donors (Lipinski definition) is 0. The van der Waals surface area contributed by atoms with Crippen LogP contribution in [0.5, 0.6) is 0 Å². The molecule has 1 aliphatic carbocycles. The highest BCUT2D eigenvalue weighted by molar-refractivity contribution is 5.90. The number of likely N-dealkylation sites (tertiary alicyclic amines) is 2. The molecule has 23 heavy (non-hydrogen) atoms. The van der Waals surface area contributed by atoms with Crippen LogP contribution in [0.1, 0.15) is 42.7 Å². The lowest BCUT2D eigenvalue weighted by Crippen LogP contribution is -2.44. The Bertz CT molecular complexity index is 628. The lowest BCUT2D eigenvalue weighted by atomic mass is 9.77. The molecule has 2 aliphatic heterocycles. The van der Waals surface area contributed by atoms with Crippen LogP contribution in [-0.2, 0) is 11.8 Å². The third-order valence-electron chi connectivity index (χ3n) is 5.48. The monoisotopic (exact) mass is 317 g/mol. The van der Waals surface area contributed by atoms with Gasteiger partial charge in [-0.1, -0.05) is 0 Å². The minimum absolute atomic E-state index is 0.0836. The molecule has 1 aromatic rings. The van der Waals surface area contributed by atoms with Crippen molar-refractivity contribution in [1.29, 1.82) is 0 Å². The summed E-state index contributed by atoms with van der Waals surface area (Å²) in [6, 6.07) is 0. The normalized spacial score (nSPS) is 23.8. The van der Waals surface area contributed by atoms with Crippen molar-refractivity contribution in [1.82, 2.24) is 24.6 Å². The highest BCUT2D eigenvalue weighted by Crippen LogP contribution is 2.42. The highest BCUT2D eigenvalue weighted by atomic mass is 16.2. The number of aromatic nitrogens is 3. The van der Waals surface area contributed by atoms with Crippen molar-refractivity contribution in [3.05, 3.63) is 12.2 Å². The molecule has 2 amide bonds. The Balaban J connectivity index is 1.37. The standard InChI is InChI=1S/C16H23N5O2/c1-19-11-17-14(18-19)15(23)20-6-4-16(5-7-20)8-13(22)21(10-16)9-12-2-3-12/h11-12H,2-10H2,1H3. The molecular formula is C16H23N5O2. The van der Waals surface area contributed by atoms with Crippen molar-refractivity contribution in [2.75, 3.05) is 26.2 Å². The average molecular weight is 317 g/mol. The molecule has 124 valence electrons. The summed E-state index contributed by atoms with van der Waals surface area (Å²) in [5.41, 5.74) is 0.0836. The Morgan fingerprint density at radius 3 is 2.70 bits per heavy atom. The molecule has 1 spiro atoms. The van der Waals surface area contributed by atoms with Gasteiger partial charge in [-0.2, -0.15) is 0 Å². The number of carbonyl (C=O) groups excluding carboxylic acids is 2. The molecule has 0 unspecified atom stereocenters. The molecule has 7 heteroatoms. The minimum atomic E-state index is -0.0976. The van der Waals surface area contributed by atoms with E-state index in [1.165, 1.54) is 12.8 Å². The molecule has 3 aliphatic rings. The van der Waals surface area contributed by atoms with Crippen LogP contribution >= 0.6 is 0 Å². The van der Waals surface area contributed by atoms with E-state index in [1.807, 2.05) is 4.90 Å². The Kier molecular flexibility index (Phi) is 3.39. The maximum absolute atomic E-state index is 12.4. The van der Waals surface area contributed by atoms with Gasteiger partial charge in [-0.3, -0.25) is 14.3 Å². The number of amides is 2. The number of nitrogens with zero attached hydrogens (tertiary/aromatic N) is 5. The summed E-state index contributed by atoms with van der Waals surface area (Å²) in [6.45, 7) is 3.22. The van der Waals surface area contributed by atoms with Crippen molar-refractivity contribution < 1.29 is 9.59 Å². The predicted octanol–water partition coefficient (Wildman–Crippen LogP) is 0.680. The molecule has 1 aromatic heterocycles.